The molecule has 3 rings (SSSR count). The summed E-state index contributed by atoms with van der Waals surface area (Å²) in [6.07, 6.45) is -1.88. The minimum Gasteiger partial charge on any atom is -0.475 e. The highest BCUT2D eigenvalue weighted by Gasteiger charge is 2.38. The van der Waals surface area contributed by atoms with Crippen molar-refractivity contribution in [3.05, 3.63) is 73.7 Å². The predicted octanol–water partition coefficient (Wildman–Crippen LogP) is 5.20. The number of nitro groups is 1. The summed E-state index contributed by atoms with van der Waals surface area (Å²) in [5.74, 6) is -2.76. The number of hydrogen-bond donors (Lipinski definition) is 2. The molecule has 2 N–H and O–H groups in total. The molecule has 2 atom stereocenters. The number of alkyl halides is 3. The van der Waals surface area contributed by atoms with Crippen molar-refractivity contribution in [1.82, 2.24) is 5.32 Å². The molecule has 0 radical (unpaired) electrons. The monoisotopic (exact) mass is 488 g/mol. The molecule has 162 valence electrons. The number of halogens is 4. The Kier molecular flexibility index (Phi) is 7.96. The molecule has 0 heterocycles. The third-order valence-electron chi connectivity index (χ3n) is 4.76. The molecule has 0 aliphatic heterocycles. The van der Waals surface area contributed by atoms with E-state index < -0.39 is 12.1 Å². The highest BCUT2D eigenvalue weighted by Crippen LogP contribution is 2.29. The van der Waals surface area contributed by atoms with Gasteiger partial charge in [0.2, 0.25) is 0 Å². The SMILES string of the molecule is C[C@@H](N[C@H]1CCc2cccc(Br)c2C1)c1ccc([N+](=O)[O-])cc1.O=C(O)C(F)(F)F. The normalized spacial score (nSPS) is 16.6. The van der Waals surface area contributed by atoms with Gasteiger partial charge in [0.15, 0.2) is 0 Å². The number of aryl methyl sites for hydroxylation is 1. The molecule has 30 heavy (non-hydrogen) atoms. The minimum absolute atomic E-state index is 0.136. The Labute approximate surface area is 179 Å². The maximum Gasteiger partial charge on any atom is 0.490 e. The van der Waals surface area contributed by atoms with E-state index >= 15 is 0 Å². The van der Waals surface area contributed by atoms with E-state index in [2.05, 4.69) is 46.4 Å². The fourth-order valence-corrected chi connectivity index (χ4v) is 3.79. The fourth-order valence-electron chi connectivity index (χ4n) is 3.22. The van der Waals surface area contributed by atoms with Gasteiger partial charge in [-0.2, -0.15) is 13.2 Å². The molecule has 0 aromatic heterocycles. The molecule has 0 amide bonds. The molecular formula is C20H20BrF3N2O4. The topological polar surface area (TPSA) is 92.5 Å². The molecule has 1 aliphatic rings. The Hall–Kier alpha value is -2.46. The molecule has 0 saturated heterocycles. The van der Waals surface area contributed by atoms with Crippen LogP contribution in [0.25, 0.3) is 0 Å². The highest BCUT2D eigenvalue weighted by molar-refractivity contribution is 9.10. The number of carbonyl (C=O) groups is 1. The molecule has 0 spiro atoms. The van der Waals surface area contributed by atoms with Gasteiger partial charge < -0.3 is 10.4 Å². The Morgan fingerprint density at radius 2 is 1.87 bits per heavy atom. The maximum absolute atomic E-state index is 10.7. The lowest BCUT2D eigenvalue weighted by Crippen LogP contribution is -2.36. The zero-order valence-electron chi connectivity index (χ0n) is 15.9. The summed E-state index contributed by atoms with van der Waals surface area (Å²) in [6.45, 7) is 2.11. The van der Waals surface area contributed by atoms with Crippen LogP contribution in [0.15, 0.2) is 46.9 Å². The summed E-state index contributed by atoms with van der Waals surface area (Å²) < 4.78 is 32.9. The second-order valence-electron chi connectivity index (χ2n) is 6.86. The molecule has 2 aromatic rings. The van der Waals surface area contributed by atoms with Crippen LogP contribution in [-0.4, -0.2) is 28.2 Å². The highest BCUT2D eigenvalue weighted by atomic mass is 79.9. The molecule has 1 aliphatic carbocycles. The maximum atomic E-state index is 10.7. The number of rotatable bonds is 4. The van der Waals surface area contributed by atoms with Gasteiger partial charge in [-0.15, -0.1) is 0 Å². The van der Waals surface area contributed by atoms with E-state index in [0.29, 0.717) is 6.04 Å². The molecule has 0 fully saturated rings. The van der Waals surface area contributed by atoms with Crippen LogP contribution in [0.1, 0.15) is 36.1 Å². The fraction of sp³-hybridized carbons (Fsp3) is 0.350. The molecule has 0 unspecified atom stereocenters. The molecule has 6 nitrogen and oxygen atoms in total. The largest absolute Gasteiger partial charge is 0.490 e. The standard InChI is InChI=1S/C18H19BrN2O2.C2HF3O2/c1-12(13-6-9-16(10-7-13)21(22)23)20-15-8-5-14-3-2-4-18(19)17(14)11-15;3-2(4,5)1(6)7/h2-4,6-7,9-10,12,15,20H,5,8,11H2,1H3;(H,6,7)/t12-,15+;/m1./s1. The number of non-ortho nitro benzene ring substituents is 1. The summed E-state index contributed by atoms with van der Waals surface area (Å²) in [4.78, 5) is 19.3. The van der Waals surface area contributed by atoms with Gasteiger partial charge in [-0.1, -0.05) is 40.2 Å². The average molecular weight is 489 g/mol. The Balaban J connectivity index is 0.000000396. The lowest BCUT2D eigenvalue weighted by atomic mass is 9.87. The van der Waals surface area contributed by atoms with Crippen LogP contribution >= 0.6 is 15.9 Å². The van der Waals surface area contributed by atoms with Crippen LogP contribution in [0.3, 0.4) is 0 Å². The first kappa shape index (κ1) is 23.8. The van der Waals surface area contributed by atoms with E-state index in [1.165, 1.54) is 15.6 Å². The van der Waals surface area contributed by atoms with Crippen molar-refractivity contribution in [1.29, 1.82) is 0 Å². The molecule has 10 heteroatoms. The lowest BCUT2D eigenvalue weighted by Gasteiger charge is -2.29. The summed E-state index contributed by atoms with van der Waals surface area (Å²) in [5, 5.41) is 21.5. The van der Waals surface area contributed by atoms with Gasteiger partial charge in [0.25, 0.3) is 5.69 Å². The number of fused-ring (bicyclic) bond motifs is 1. The van der Waals surface area contributed by atoms with E-state index in [0.717, 1.165) is 24.8 Å². The van der Waals surface area contributed by atoms with E-state index in [1.54, 1.807) is 12.1 Å². The quantitative estimate of drug-likeness (QED) is 0.455. The third kappa shape index (κ3) is 6.53. The van der Waals surface area contributed by atoms with Crippen molar-refractivity contribution in [2.45, 2.75) is 44.4 Å². The van der Waals surface area contributed by atoms with Crippen molar-refractivity contribution in [2.75, 3.05) is 0 Å². The van der Waals surface area contributed by atoms with E-state index in [9.17, 15) is 23.3 Å². The number of aliphatic carboxylic acids is 1. The van der Waals surface area contributed by atoms with Crippen LogP contribution in [-0.2, 0) is 17.6 Å². The van der Waals surface area contributed by atoms with Crippen molar-refractivity contribution in [3.63, 3.8) is 0 Å². The van der Waals surface area contributed by atoms with Gasteiger partial charge in [-0.05, 0) is 48.9 Å². The number of carboxylic acid groups (broad SMARTS) is 1. The van der Waals surface area contributed by atoms with E-state index in [1.807, 2.05) is 12.1 Å². The number of nitrogens with one attached hydrogen (secondary N) is 1. The van der Waals surface area contributed by atoms with Gasteiger partial charge in [-0.25, -0.2) is 4.79 Å². The molecular weight excluding hydrogens is 469 g/mol. The van der Waals surface area contributed by atoms with Crippen molar-refractivity contribution in [3.8, 4) is 0 Å². The molecule has 0 bridgehead atoms. The minimum atomic E-state index is -5.08. The molecule has 2 aromatic carbocycles. The first-order valence-electron chi connectivity index (χ1n) is 9.05. The van der Waals surface area contributed by atoms with Crippen LogP contribution in [0, 0.1) is 10.1 Å². The predicted molar refractivity (Wildman–Crippen MR) is 108 cm³/mol. The van der Waals surface area contributed by atoms with Gasteiger partial charge >= 0.3 is 12.1 Å². The molecule has 0 saturated carbocycles. The van der Waals surface area contributed by atoms with Crippen molar-refractivity contribution < 1.29 is 28.0 Å². The second-order valence-corrected chi connectivity index (χ2v) is 7.71. The summed E-state index contributed by atoms with van der Waals surface area (Å²) in [5.41, 5.74) is 4.04. The van der Waals surface area contributed by atoms with E-state index in [4.69, 9.17) is 9.90 Å². The van der Waals surface area contributed by atoms with E-state index in [-0.39, 0.29) is 16.7 Å². The number of hydrogen-bond acceptors (Lipinski definition) is 4. The Morgan fingerprint density at radius 1 is 1.27 bits per heavy atom. The number of carboxylic acids is 1. The first-order valence-corrected chi connectivity index (χ1v) is 9.85. The zero-order valence-corrected chi connectivity index (χ0v) is 17.5. The van der Waals surface area contributed by atoms with Crippen LogP contribution < -0.4 is 5.32 Å². The zero-order chi connectivity index (χ0) is 22.5. The number of benzene rings is 2. The van der Waals surface area contributed by atoms with Crippen LogP contribution in [0.5, 0.6) is 0 Å². The Morgan fingerprint density at radius 3 is 2.40 bits per heavy atom. The average Bonchev–Trinajstić information content (AvgIpc) is 2.68. The summed E-state index contributed by atoms with van der Waals surface area (Å²) in [7, 11) is 0. The first-order chi connectivity index (χ1) is 14.0. The van der Waals surface area contributed by atoms with Gasteiger partial charge in [0, 0.05) is 28.7 Å². The Bertz CT molecular complexity index is 904. The third-order valence-corrected chi connectivity index (χ3v) is 5.50. The smallest absolute Gasteiger partial charge is 0.475 e. The van der Waals surface area contributed by atoms with Gasteiger partial charge in [0.05, 0.1) is 4.92 Å². The number of nitrogens with zero attached hydrogens (tertiary/aromatic N) is 1. The summed E-state index contributed by atoms with van der Waals surface area (Å²) >= 11 is 3.65. The second kappa shape index (κ2) is 10.0. The van der Waals surface area contributed by atoms with Crippen LogP contribution in [0.4, 0.5) is 18.9 Å². The lowest BCUT2D eigenvalue weighted by molar-refractivity contribution is -0.384. The van der Waals surface area contributed by atoms with Crippen molar-refractivity contribution in [2.24, 2.45) is 0 Å². The van der Waals surface area contributed by atoms with Crippen molar-refractivity contribution >= 4 is 27.6 Å². The van der Waals surface area contributed by atoms with Gasteiger partial charge in [-0.3, -0.25) is 10.1 Å². The van der Waals surface area contributed by atoms with Crippen LogP contribution in [0.2, 0.25) is 0 Å². The van der Waals surface area contributed by atoms with Gasteiger partial charge in [0.1, 0.15) is 0 Å². The summed E-state index contributed by atoms with van der Waals surface area (Å²) in [6, 6.07) is 13.8. The number of nitro benzene ring substituents is 1.